The molecule has 0 saturated carbocycles. The Balaban J connectivity index is 1.80. The molecule has 152 valence electrons. The number of hydrogen-bond acceptors (Lipinski definition) is 6. The smallest absolute Gasteiger partial charge is 0.245 e. The van der Waals surface area contributed by atoms with Gasteiger partial charge in [-0.05, 0) is 12.8 Å². The summed E-state index contributed by atoms with van der Waals surface area (Å²) >= 11 is 0. The summed E-state index contributed by atoms with van der Waals surface area (Å²) in [5, 5.41) is 6.33. The minimum atomic E-state index is -0.253. The van der Waals surface area contributed by atoms with Crippen molar-refractivity contribution in [2.24, 2.45) is 0 Å². The average molecular weight is 380 g/mol. The van der Waals surface area contributed by atoms with Gasteiger partial charge in [-0.15, -0.1) is 0 Å². The van der Waals surface area contributed by atoms with Gasteiger partial charge < -0.3 is 19.5 Å². The summed E-state index contributed by atoms with van der Waals surface area (Å²) in [5.41, 5.74) is 0. The highest BCUT2D eigenvalue weighted by Crippen LogP contribution is 2.08. The van der Waals surface area contributed by atoms with Gasteiger partial charge in [-0.2, -0.15) is 0 Å². The lowest BCUT2D eigenvalue weighted by atomic mass is 10.1. The Morgan fingerprint density at radius 2 is 2.04 bits per heavy atom. The molecule has 0 radical (unpaired) electrons. The van der Waals surface area contributed by atoms with Crippen molar-refractivity contribution in [3.05, 3.63) is 12.3 Å². The summed E-state index contributed by atoms with van der Waals surface area (Å²) < 4.78 is 10.1. The van der Waals surface area contributed by atoms with E-state index < -0.39 is 0 Å². The van der Waals surface area contributed by atoms with Crippen LogP contribution in [0.1, 0.15) is 45.4 Å². The Kier molecular flexibility index (Phi) is 9.86. The quantitative estimate of drug-likeness (QED) is 0.559. The highest BCUT2D eigenvalue weighted by molar-refractivity contribution is 5.93. The molecule has 2 rings (SSSR count). The van der Waals surface area contributed by atoms with Crippen molar-refractivity contribution >= 4 is 17.6 Å². The van der Waals surface area contributed by atoms with Crippen LogP contribution in [0, 0.1) is 0 Å². The molecule has 1 aromatic rings. The molecular weight excluding hydrogens is 348 g/mol. The summed E-state index contributed by atoms with van der Waals surface area (Å²) in [6, 6.07) is 1.58. The third-order valence-electron chi connectivity index (χ3n) is 4.64. The van der Waals surface area contributed by atoms with Crippen molar-refractivity contribution in [2.75, 3.05) is 51.3 Å². The number of rotatable bonds is 12. The molecule has 0 aromatic carbocycles. The molecule has 0 bridgehead atoms. The van der Waals surface area contributed by atoms with Crippen LogP contribution >= 0.6 is 0 Å². The van der Waals surface area contributed by atoms with Crippen molar-refractivity contribution in [2.45, 2.75) is 45.4 Å². The SMILES string of the molecule is CCCCCCC(=O)N(CCCN1CCOCC1)CC(=O)Nc1ccon1. The maximum atomic E-state index is 12.6. The van der Waals surface area contributed by atoms with Gasteiger partial charge in [-0.1, -0.05) is 31.3 Å². The predicted octanol–water partition coefficient (Wildman–Crippen LogP) is 2.13. The molecule has 8 heteroatoms. The standard InChI is InChI=1S/C19H32N4O4/c1-2-3-4-5-7-19(25)23(10-6-9-22-11-14-26-15-12-22)16-18(24)20-17-8-13-27-21-17/h8,13H,2-7,9-12,14-16H2,1H3,(H,20,21,24). The number of morpholine rings is 1. The summed E-state index contributed by atoms with van der Waals surface area (Å²) in [7, 11) is 0. The molecule has 1 fully saturated rings. The molecule has 1 aliphatic rings. The van der Waals surface area contributed by atoms with Gasteiger partial charge in [0.15, 0.2) is 5.82 Å². The first-order valence-corrected chi connectivity index (χ1v) is 9.97. The highest BCUT2D eigenvalue weighted by atomic mass is 16.5. The molecule has 1 aliphatic heterocycles. The largest absolute Gasteiger partial charge is 0.379 e. The Hall–Kier alpha value is -1.93. The molecule has 1 N–H and O–H groups in total. The predicted molar refractivity (Wildman–Crippen MR) is 102 cm³/mol. The number of nitrogens with one attached hydrogen (secondary N) is 1. The molecule has 1 saturated heterocycles. The van der Waals surface area contributed by atoms with Gasteiger partial charge in [0.1, 0.15) is 6.26 Å². The normalized spacial score (nSPS) is 14.9. The van der Waals surface area contributed by atoms with Crippen molar-refractivity contribution in [1.29, 1.82) is 0 Å². The van der Waals surface area contributed by atoms with Gasteiger partial charge in [-0.25, -0.2) is 0 Å². The molecule has 27 heavy (non-hydrogen) atoms. The molecule has 0 aliphatic carbocycles. The van der Waals surface area contributed by atoms with Crippen molar-refractivity contribution in [3.63, 3.8) is 0 Å². The number of hydrogen-bond donors (Lipinski definition) is 1. The van der Waals surface area contributed by atoms with Crippen LogP contribution in [-0.4, -0.2) is 72.7 Å². The fourth-order valence-corrected chi connectivity index (χ4v) is 3.10. The van der Waals surface area contributed by atoms with E-state index in [-0.39, 0.29) is 18.4 Å². The Morgan fingerprint density at radius 1 is 1.22 bits per heavy atom. The van der Waals surface area contributed by atoms with E-state index in [0.717, 1.165) is 65.0 Å². The number of ether oxygens (including phenoxy) is 1. The zero-order valence-electron chi connectivity index (χ0n) is 16.3. The zero-order valence-corrected chi connectivity index (χ0v) is 16.3. The fourth-order valence-electron chi connectivity index (χ4n) is 3.10. The molecule has 0 atom stereocenters. The Bertz CT molecular complexity index is 544. The summed E-state index contributed by atoms with van der Waals surface area (Å²) in [6.07, 6.45) is 6.93. The van der Waals surface area contributed by atoms with Crippen LogP contribution in [0.15, 0.2) is 16.9 Å². The van der Waals surface area contributed by atoms with E-state index in [9.17, 15) is 9.59 Å². The van der Waals surface area contributed by atoms with Crippen LogP contribution < -0.4 is 5.32 Å². The summed E-state index contributed by atoms with van der Waals surface area (Å²) in [5.74, 6) is 0.157. The van der Waals surface area contributed by atoms with Crippen LogP contribution in [0.2, 0.25) is 0 Å². The van der Waals surface area contributed by atoms with E-state index in [0.29, 0.717) is 18.8 Å². The van der Waals surface area contributed by atoms with E-state index in [2.05, 4.69) is 22.3 Å². The highest BCUT2D eigenvalue weighted by Gasteiger charge is 2.18. The number of nitrogens with zero attached hydrogens (tertiary/aromatic N) is 3. The van der Waals surface area contributed by atoms with Crippen molar-refractivity contribution in [1.82, 2.24) is 15.0 Å². The van der Waals surface area contributed by atoms with Gasteiger partial charge in [0.05, 0.1) is 19.8 Å². The second-order valence-electron chi connectivity index (χ2n) is 6.87. The molecule has 2 amide bonds. The maximum Gasteiger partial charge on any atom is 0.245 e. The average Bonchev–Trinajstić information content (AvgIpc) is 3.18. The van der Waals surface area contributed by atoms with Crippen molar-refractivity contribution < 1.29 is 18.8 Å². The molecule has 0 spiro atoms. The topological polar surface area (TPSA) is 87.9 Å². The fraction of sp³-hybridized carbons (Fsp3) is 0.737. The van der Waals surface area contributed by atoms with Gasteiger partial charge in [0.2, 0.25) is 11.8 Å². The van der Waals surface area contributed by atoms with E-state index in [1.807, 2.05) is 0 Å². The minimum absolute atomic E-state index is 0.0442. The van der Waals surface area contributed by atoms with Crippen LogP contribution in [0.4, 0.5) is 5.82 Å². The number of carbonyl (C=O) groups excluding carboxylic acids is 2. The molecule has 0 unspecified atom stereocenters. The lowest BCUT2D eigenvalue weighted by Gasteiger charge is -2.28. The third-order valence-corrected chi connectivity index (χ3v) is 4.64. The van der Waals surface area contributed by atoms with Crippen LogP contribution in [0.25, 0.3) is 0 Å². The second-order valence-corrected chi connectivity index (χ2v) is 6.87. The number of anilines is 1. The summed E-state index contributed by atoms with van der Waals surface area (Å²) in [6.45, 7) is 7.07. The zero-order chi connectivity index (χ0) is 19.3. The van der Waals surface area contributed by atoms with Crippen LogP contribution in [-0.2, 0) is 14.3 Å². The summed E-state index contributed by atoms with van der Waals surface area (Å²) in [4.78, 5) is 28.9. The first-order valence-electron chi connectivity index (χ1n) is 9.97. The monoisotopic (exact) mass is 380 g/mol. The van der Waals surface area contributed by atoms with E-state index in [4.69, 9.17) is 9.26 Å². The lowest BCUT2D eigenvalue weighted by Crippen LogP contribution is -2.41. The maximum absolute atomic E-state index is 12.6. The Labute approximate surface area is 161 Å². The first kappa shape index (κ1) is 21.4. The molecule has 2 heterocycles. The Morgan fingerprint density at radius 3 is 2.74 bits per heavy atom. The van der Waals surface area contributed by atoms with Gasteiger partial charge >= 0.3 is 0 Å². The molecule has 1 aromatic heterocycles. The van der Waals surface area contributed by atoms with Gasteiger partial charge in [0, 0.05) is 38.7 Å². The number of amides is 2. The van der Waals surface area contributed by atoms with E-state index >= 15 is 0 Å². The molecule has 8 nitrogen and oxygen atoms in total. The van der Waals surface area contributed by atoms with E-state index in [1.54, 1.807) is 11.0 Å². The van der Waals surface area contributed by atoms with Crippen molar-refractivity contribution in [3.8, 4) is 0 Å². The van der Waals surface area contributed by atoms with Crippen LogP contribution in [0.3, 0.4) is 0 Å². The van der Waals surface area contributed by atoms with E-state index in [1.165, 1.54) is 6.26 Å². The number of aromatic nitrogens is 1. The van der Waals surface area contributed by atoms with Gasteiger partial charge in [-0.3, -0.25) is 14.5 Å². The number of carbonyl (C=O) groups is 2. The van der Waals surface area contributed by atoms with Crippen LogP contribution in [0.5, 0.6) is 0 Å². The number of unbranched alkanes of at least 4 members (excludes halogenated alkanes) is 3. The second kappa shape index (κ2) is 12.5. The third kappa shape index (κ3) is 8.53. The lowest BCUT2D eigenvalue weighted by molar-refractivity contribution is -0.135. The van der Waals surface area contributed by atoms with Gasteiger partial charge in [0.25, 0.3) is 0 Å². The first-order chi connectivity index (χ1) is 13.2. The molecular formula is C19H32N4O4. The minimum Gasteiger partial charge on any atom is -0.379 e.